The van der Waals surface area contributed by atoms with Crippen LogP contribution in [0, 0.1) is 0 Å². The van der Waals surface area contributed by atoms with Gasteiger partial charge >= 0.3 is 0 Å². The number of nitrogens with zero attached hydrogens (tertiary/aromatic N) is 3. The number of guanidine groups is 1. The van der Waals surface area contributed by atoms with Crippen LogP contribution in [0.4, 0.5) is 0 Å². The van der Waals surface area contributed by atoms with Gasteiger partial charge in [0.25, 0.3) is 0 Å². The Bertz CT molecular complexity index is 937. The van der Waals surface area contributed by atoms with Crippen LogP contribution in [0.15, 0.2) is 45.2 Å². The summed E-state index contributed by atoms with van der Waals surface area (Å²) in [5.74, 6) is 2.69. The Morgan fingerprint density at radius 3 is 2.63 bits per heavy atom. The van der Waals surface area contributed by atoms with Crippen molar-refractivity contribution in [3.05, 3.63) is 52.9 Å². The fraction of sp³-hybridized carbons (Fsp3) is 0.381. The first kappa shape index (κ1) is 24.1. The summed E-state index contributed by atoms with van der Waals surface area (Å²) in [6, 6.07) is 9.88. The van der Waals surface area contributed by atoms with Crippen molar-refractivity contribution in [1.29, 1.82) is 0 Å². The normalized spacial score (nSPS) is 11.3. The van der Waals surface area contributed by atoms with Gasteiger partial charge in [-0.15, -0.1) is 35.3 Å². The van der Waals surface area contributed by atoms with Crippen molar-refractivity contribution >= 4 is 41.3 Å². The predicted molar refractivity (Wildman–Crippen MR) is 132 cm³/mol. The Labute approximate surface area is 198 Å². The lowest BCUT2D eigenvalue weighted by atomic mass is 10.1. The molecule has 2 N–H and O–H groups in total. The molecule has 1 aromatic carbocycles. The van der Waals surface area contributed by atoms with E-state index in [0.717, 1.165) is 40.0 Å². The van der Waals surface area contributed by atoms with Crippen LogP contribution in [0.25, 0.3) is 10.6 Å². The highest BCUT2D eigenvalue weighted by molar-refractivity contribution is 14.0. The van der Waals surface area contributed by atoms with Crippen LogP contribution < -0.4 is 15.4 Å². The lowest BCUT2D eigenvalue weighted by Crippen LogP contribution is -2.36. The zero-order valence-electron chi connectivity index (χ0n) is 17.6. The van der Waals surface area contributed by atoms with E-state index >= 15 is 0 Å². The molecular weight excluding hydrogens is 513 g/mol. The van der Waals surface area contributed by atoms with Gasteiger partial charge in [-0.2, -0.15) is 0 Å². The molecule has 3 aromatic rings. The maximum Gasteiger partial charge on any atom is 0.192 e. The largest absolute Gasteiger partial charge is 0.497 e. The molecule has 162 valence electrons. The van der Waals surface area contributed by atoms with Crippen LogP contribution in [0.2, 0.25) is 0 Å². The first-order chi connectivity index (χ1) is 14.1. The number of aromatic nitrogens is 2. The number of ether oxygens (including phenoxy) is 1. The maximum atomic E-state index is 5.37. The molecular formula is C21H28IN5O2S. The van der Waals surface area contributed by atoms with E-state index in [4.69, 9.17) is 14.2 Å². The van der Waals surface area contributed by atoms with Gasteiger partial charge in [0, 0.05) is 23.6 Å². The second-order valence-corrected chi connectivity index (χ2v) is 7.65. The minimum Gasteiger partial charge on any atom is -0.497 e. The van der Waals surface area contributed by atoms with Crippen molar-refractivity contribution in [3.8, 4) is 16.3 Å². The average Bonchev–Trinajstić information content (AvgIpc) is 3.40. The molecule has 0 bridgehead atoms. The molecule has 0 aliphatic heterocycles. The van der Waals surface area contributed by atoms with Crippen molar-refractivity contribution in [2.24, 2.45) is 4.99 Å². The Balaban J connectivity index is 0.00000320. The van der Waals surface area contributed by atoms with Crippen LogP contribution in [-0.2, 0) is 13.1 Å². The van der Waals surface area contributed by atoms with Crippen LogP contribution in [0.5, 0.6) is 5.75 Å². The fourth-order valence-corrected chi connectivity index (χ4v) is 3.42. The maximum absolute atomic E-state index is 5.37. The number of rotatable bonds is 8. The predicted octanol–water partition coefficient (Wildman–Crippen LogP) is 4.80. The summed E-state index contributed by atoms with van der Waals surface area (Å²) < 4.78 is 10.6. The lowest BCUT2D eigenvalue weighted by molar-refractivity contribution is 0.372. The lowest BCUT2D eigenvalue weighted by Gasteiger charge is -2.09. The molecule has 3 rings (SSSR count). The number of halogens is 1. The average molecular weight is 541 g/mol. The molecule has 0 fully saturated rings. The topological polar surface area (TPSA) is 84.6 Å². The summed E-state index contributed by atoms with van der Waals surface area (Å²) >= 11 is 1.61. The summed E-state index contributed by atoms with van der Waals surface area (Å²) in [6.07, 6.45) is 0. The van der Waals surface area contributed by atoms with Gasteiger partial charge in [-0.25, -0.2) is 9.98 Å². The van der Waals surface area contributed by atoms with Crippen molar-refractivity contribution in [2.75, 3.05) is 13.7 Å². The third-order valence-corrected chi connectivity index (χ3v) is 5.17. The van der Waals surface area contributed by atoms with Gasteiger partial charge < -0.3 is 19.9 Å². The summed E-state index contributed by atoms with van der Waals surface area (Å²) in [4.78, 5) is 9.33. The Kier molecular flexibility index (Phi) is 9.57. The highest BCUT2D eigenvalue weighted by Crippen LogP contribution is 2.25. The number of methoxy groups -OCH3 is 1. The number of aliphatic imine (C=N–C) groups is 1. The second kappa shape index (κ2) is 11.9. The van der Waals surface area contributed by atoms with E-state index in [2.05, 4.69) is 34.6 Å². The van der Waals surface area contributed by atoms with Gasteiger partial charge in [0.15, 0.2) is 11.7 Å². The van der Waals surface area contributed by atoms with Crippen molar-refractivity contribution < 1.29 is 9.26 Å². The molecule has 0 aliphatic carbocycles. The van der Waals surface area contributed by atoms with Crippen molar-refractivity contribution in [2.45, 2.75) is 39.8 Å². The molecule has 0 saturated carbocycles. The quantitative estimate of drug-likeness (QED) is 0.242. The van der Waals surface area contributed by atoms with E-state index in [-0.39, 0.29) is 24.0 Å². The van der Waals surface area contributed by atoms with Crippen molar-refractivity contribution in [1.82, 2.24) is 20.8 Å². The third-order valence-electron chi connectivity index (χ3n) is 4.23. The van der Waals surface area contributed by atoms with Crippen LogP contribution in [-0.4, -0.2) is 29.8 Å². The molecule has 7 nitrogen and oxygen atoms in total. The van der Waals surface area contributed by atoms with E-state index in [9.17, 15) is 0 Å². The van der Waals surface area contributed by atoms with Gasteiger partial charge in [-0.05, 0) is 37.1 Å². The molecule has 9 heteroatoms. The summed E-state index contributed by atoms with van der Waals surface area (Å²) in [7, 11) is 1.66. The van der Waals surface area contributed by atoms with Gasteiger partial charge in [0.2, 0.25) is 0 Å². The van der Waals surface area contributed by atoms with Gasteiger partial charge in [0.1, 0.15) is 10.8 Å². The first-order valence-corrected chi connectivity index (χ1v) is 10.5. The van der Waals surface area contributed by atoms with Gasteiger partial charge in [-0.1, -0.05) is 19.0 Å². The van der Waals surface area contributed by atoms with E-state index in [1.807, 2.05) is 42.6 Å². The van der Waals surface area contributed by atoms with Crippen LogP contribution >= 0.6 is 35.3 Å². The molecule has 0 radical (unpaired) electrons. The van der Waals surface area contributed by atoms with Gasteiger partial charge in [-0.3, -0.25) is 0 Å². The molecule has 0 atom stereocenters. The molecule has 2 heterocycles. The number of hydrogen-bond acceptors (Lipinski definition) is 6. The van der Waals surface area contributed by atoms with Gasteiger partial charge in [0.05, 0.1) is 31.6 Å². The summed E-state index contributed by atoms with van der Waals surface area (Å²) in [6.45, 7) is 8.01. The number of hydrogen-bond donors (Lipinski definition) is 2. The SMILES string of the molecule is CCNC(=NCc1csc(-c2ccc(OC)cc2)n1)NCc1cc(C(C)C)no1.I. The highest BCUT2D eigenvalue weighted by atomic mass is 127. The molecule has 0 saturated heterocycles. The first-order valence-electron chi connectivity index (χ1n) is 9.65. The number of thiazole rings is 1. The Morgan fingerprint density at radius 2 is 2.00 bits per heavy atom. The molecule has 0 amide bonds. The van der Waals surface area contributed by atoms with Crippen LogP contribution in [0.3, 0.4) is 0 Å². The molecule has 30 heavy (non-hydrogen) atoms. The standard InChI is InChI=1S/C21H27N5O2S.HI/c1-5-22-21(24-12-18-10-19(14(2)3)26-28-18)23-11-16-13-29-20(25-16)15-6-8-17(27-4)9-7-15;/h6-10,13-14H,5,11-12H2,1-4H3,(H2,22,23,24);1H. The minimum absolute atomic E-state index is 0. The molecule has 0 spiro atoms. The Hall–Kier alpha value is -2.14. The zero-order valence-corrected chi connectivity index (χ0v) is 20.8. The minimum atomic E-state index is 0. The third kappa shape index (κ3) is 6.69. The monoisotopic (exact) mass is 541 g/mol. The second-order valence-electron chi connectivity index (χ2n) is 6.79. The Morgan fingerprint density at radius 1 is 1.23 bits per heavy atom. The summed E-state index contributed by atoms with van der Waals surface area (Å²) in [5.41, 5.74) is 2.96. The fourth-order valence-electron chi connectivity index (χ4n) is 2.60. The van der Waals surface area contributed by atoms with E-state index in [0.29, 0.717) is 25.0 Å². The van der Waals surface area contributed by atoms with E-state index < -0.39 is 0 Å². The molecule has 0 unspecified atom stereocenters. The summed E-state index contributed by atoms with van der Waals surface area (Å²) in [5, 5.41) is 13.6. The molecule has 2 aromatic heterocycles. The molecule has 0 aliphatic rings. The van der Waals surface area contributed by atoms with Crippen molar-refractivity contribution in [3.63, 3.8) is 0 Å². The van der Waals surface area contributed by atoms with Crippen LogP contribution in [0.1, 0.15) is 43.8 Å². The number of benzene rings is 1. The zero-order chi connectivity index (χ0) is 20.6. The smallest absolute Gasteiger partial charge is 0.192 e. The number of nitrogens with one attached hydrogen (secondary N) is 2. The van der Waals surface area contributed by atoms with E-state index in [1.54, 1.807) is 18.4 Å². The van der Waals surface area contributed by atoms with E-state index in [1.165, 1.54) is 0 Å². The highest BCUT2D eigenvalue weighted by Gasteiger charge is 2.09.